The Morgan fingerprint density at radius 2 is 2.24 bits per heavy atom. The third-order valence-corrected chi connectivity index (χ3v) is 3.54. The third kappa shape index (κ3) is 3.07. The Bertz CT molecular complexity index is 339. The van der Waals surface area contributed by atoms with E-state index in [1.165, 1.54) is 12.0 Å². The van der Waals surface area contributed by atoms with Crippen molar-refractivity contribution in [3.05, 3.63) is 18.0 Å². The molecule has 17 heavy (non-hydrogen) atoms. The van der Waals surface area contributed by atoms with Crippen LogP contribution in [0.25, 0.3) is 0 Å². The first kappa shape index (κ1) is 12.6. The second-order valence-corrected chi connectivity index (χ2v) is 5.24. The van der Waals surface area contributed by atoms with Gasteiger partial charge in [0.2, 0.25) is 0 Å². The molecule has 4 nitrogen and oxygen atoms in total. The number of aryl methyl sites for hydroxylation is 1. The van der Waals surface area contributed by atoms with E-state index in [4.69, 9.17) is 0 Å². The lowest BCUT2D eigenvalue weighted by Crippen LogP contribution is -2.50. The highest BCUT2D eigenvalue weighted by atomic mass is 15.4. The van der Waals surface area contributed by atoms with Gasteiger partial charge in [-0.2, -0.15) is 5.10 Å². The molecule has 1 N–H and O–H groups in total. The van der Waals surface area contributed by atoms with Gasteiger partial charge in [0.05, 0.1) is 12.2 Å². The lowest BCUT2D eigenvalue weighted by Gasteiger charge is -2.41. The van der Waals surface area contributed by atoms with Gasteiger partial charge in [0.25, 0.3) is 0 Å². The second kappa shape index (κ2) is 5.65. The SMILES string of the molecule is CNCCCc1cnn(C2CN(C(C)C)C2)c1. The molecule has 1 aliphatic heterocycles. The number of nitrogens with one attached hydrogen (secondary N) is 1. The van der Waals surface area contributed by atoms with E-state index >= 15 is 0 Å². The topological polar surface area (TPSA) is 33.1 Å². The fraction of sp³-hybridized carbons (Fsp3) is 0.769. The smallest absolute Gasteiger partial charge is 0.0773 e. The van der Waals surface area contributed by atoms with Gasteiger partial charge in [-0.15, -0.1) is 0 Å². The fourth-order valence-electron chi connectivity index (χ4n) is 2.25. The van der Waals surface area contributed by atoms with Crippen LogP contribution in [0.3, 0.4) is 0 Å². The molecule has 1 saturated heterocycles. The summed E-state index contributed by atoms with van der Waals surface area (Å²) in [5.74, 6) is 0. The number of hydrogen-bond acceptors (Lipinski definition) is 3. The molecular formula is C13H24N4. The van der Waals surface area contributed by atoms with Gasteiger partial charge in [-0.3, -0.25) is 9.58 Å². The molecule has 2 heterocycles. The summed E-state index contributed by atoms with van der Waals surface area (Å²) < 4.78 is 2.15. The maximum atomic E-state index is 4.48. The van der Waals surface area contributed by atoms with Gasteiger partial charge in [-0.1, -0.05) is 0 Å². The highest BCUT2D eigenvalue weighted by Gasteiger charge is 2.30. The van der Waals surface area contributed by atoms with E-state index in [0.29, 0.717) is 12.1 Å². The van der Waals surface area contributed by atoms with E-state index in [-0.39, 0.29) is 0 Å². The Morgan fingerprint density at radius 1 is 1.47 bits per heavy atom. The molecule has 0 spiro atoms. The van der Waals surface area contributed by atoms with E-state index in [1.54, 1.807) is 0 Å². The Labute approximate surface area is 104 Å². The number of hydrogen-bond donors (Lipinski definition) is 1. The van der Waals surface area contributed by atoms with Crippen molar-refractivity contribution in [3.8, 4) is 0 Å². The molecule has 1 aromatic heterocycles. The molecule has 0 atom stereocenters. The minimum Gasteiger partial charge on any atom is -0.320 e. The molecule has 2 rings (SSSR count). The van der Waals surface area contributed by atoms with Crippen LogP contribution in [0.2, 0.25) is 0 Å². The maximum absolute atomic E-state index is 4.48. The summed E-state index contributed by atoms with van der Waals surface area (Å²) in [5.41, 5.74) is 1.36. The van der Waals surface area contributed by atoms with Crippen LogP contribution in [0.5, 0.6) is 0 Å². The van der Waals surface area contributed by atoms with Gasteiger partial charge in [0.1, 0.15) is 0 Å². The van der Waals surface area contributed by atoms with Crippen LogP contribution in [-0.4, -0.2) is 47.4 Å². The standard InChI is InChI=1S/C13H24N4/c1-11(2)16-9-13(10-16)17-8-12(7-15-17)5-4-6-14-3/h7-8,11,13-14H,4-6,9-10H2,1-3H3. The van der Waals surface area contributed by atoms with Crippen molar-refractivity contribution >= 4 is 0 Å². The van der Waals surface area contributed by atoms with Crippen molar-refractivity contribution < 1.29 is 0 Å². The maximum Gasteiger partial charge on any atom is 0.0773 e. The summed E-state index contributed by atoms with van der Waals surface area (Å²) in [6.45, 7) is 7.88. The molecule has 1 fully saturated rings. The molecule has 4 heteroatoms. The minimum absolute atomic E-state index is 0.593. The summed E-state index contributed by atoms with van der Waals surface area (Å²) in [6, 6.07) is 1.26. The van der Waals surface area contributed by atoms with Crippen LogP contribution in [0.1, 0.15) is 31.9 Å². The molecule has 0 saturated carbocycles. The average molecular weight is 236 g/mol. The van der Waals surface area contributed by atoms with Crippen LogP contribution in [-0.2, 0) is 6.42 Å². The number of aromatic nitrogens is 2. The first-order chi connectivity index (χ1) is 8.20. The Balaban J connectivity index is 1.79. The molecule has 0 aromatic carbocycles. The molecule has 0 aliphatic carbocycles. The van der Waals surface area contributed by atoms with E-state index in [1.807, 2.05) is 13.2 Å². The first-order valence-corrected chi connectivity index (χ1v) is 6.62. The summed E-state index contributed by atoms with van der Waals surface area (Å²) >= 11 is 0. The number of likely N-dealkylation sites (tertiary alicyclic amines) is 1. The Hall–Kier alpha value is -0.870. The van der Waals surface area contributed by atoms with Crippen LogP contribution in [0, 0.1) is 0 Å². The predicted molar refractivity (Wildman–Crippen MR) is 70.2 cm³/mol. The summed E-state index contributed by atoms with van der Waals surface area (Å²) in [6.07, 6.45) is 6.55. The molecule has 0 unspecified atom stereocenters. The van der Waals surface area contributed by atoms with E-state index in [0.717, 1.165) is 26.1 Å². The molecule has 0 amide bonds. The van der Waals surface area contributed by atoms with Gasteiger partial charge >= 0.3 is 0 Å². The average Bonchev–Trinajstić information content (AvgIpc) is 2.64. The van der Waals surface area contributed by atoms with Crippen LogP contribution >= 0.6 is 0 Å². The van der Waals surface area contributed by atoms with Crippen molar-refractivity contribution in [2.45, 2.75) is 38.8 Å². The van der Waals surface area contributed by atoms with Gasteiger partial charge in [0, 0.05) is 25.3 Å². The monoisotopic (exact) mass is 236 g/mol. The van der Waals surface area contributed by atoms with Crippen molar-refractivity contribution in [1.29, 1.82) is 0 Å². The van der Waals surface area contributed by atoms with Crippen LogP contribution < -0.4 is 5.32 Å². The highest BCUT2D eigenvalue weighted by Crippen LogP contribution is 2.22. The normalized spacial score (nSPS) is 17.6. The Morgan fingerprint density at radius 3 is 2.88 bits per heavy atom. The van der Waals surface area contributed by atoms with E-state index < -0.39 is 0 Å². The van der Waals surface area contributed by atoms with Crippen molar-refractivity contribution in [3.63, 3.8) is 0 Å². The zero-order valence-corrected chi connectivity index (χ0v) is 11.2. The van der Waals surface area contributed by atoms with E-state index in [9.17, 15) is 0 Å². The summed E-state index contributed by atoms with van der Waals surface area (Å²) in [5, 5.41) is 7.65. The number of rotatable bonds is 6. The highest BCUT2D eigenvalue weighted by molar-refractivity contribution is 5.06. The van der Waals surface area contributed by atoms with Crippen molar-refractivity contribution in [2.75, 3.05) is 26.7 Å². The third-order valence-electron chi connectivity index (χ3n) is 3.54. The van der Waals surface area contributed by atoms with Gasteiger partial charge < -0.3 is 5.32 Å². The zero-order valence-electron chi connectivity index (χ0n) is 11.2. The van der Waals surface area contributed by atoms with Crippen molar-refractivity contribution in [2.24, 2.45) is 0 Å². The fourth-order valence-corrected chi connectivity index (χ4v) is 2.25. The zero-order chi connectivity index (χ0) is 12.3. The number of nitrogens with zero attached hydrogens (tertiary/aromatic N) is 3. The van der Waals surface area contributed by atoms with Gasteiger partial charge in [-0.25, -0.2) is 0 Å². The van der Waals surface area contributed by atoms with Gasteiger partial charge in [0.15, 0.2) is 0 Å². The minimum atomic E-state index is 0.593. The molecule has 1 aliphatic rings. The lowest BCUT2D eigenvalue weighted by molar-refractivity contribution is 0.0675. The van der Waals surface area contributed by atoms with Crippen LogP contribution in [0.15, 0.2) is 12.4 Å². The molecule has 1 aromatic rings. The molecule has 0 bridgehead atoms. The molecule has 96 valence electrons. The lowest BCUT2D eigenvalue weighted by atomic mass is 10.1. The van der Waals surface area contributed by atoms with E-state index in [2.05, 4.69) is 40.0 Å². The molecular weight excluding hydrogens is 212 g/mol. The molecule has 0 radical (unpaired) electrons. The van der Waals surface area contributed by atoms with Crippen LogP contribution in [0.4, 0.5) is 0 Å². The first-order valence-electron chi connectivity index (χ1n) is 6.62. The predicted octanol–water partition coefficient (Wildman–Crippen LogP) is 1.30. The summed E-state index contributed by atoms with van der Waals surface area (Å²) in [4.78, 5) is 2.48. The largest absolute Gasteiger partial charge is 0.320 e. The summed E-state index contributed by atoms with van der Waals surface area (Å²) in [7, 11) is 2.00. The quantitative estimate of drug-likeness (QED) is 0.756. The van der Waals surface area contributed by atoms with Gasteiger partial charge in [-0.05, 0) is 45.8 Å². The second-order valence-electron chi connectivity index (χ2n) is 5.24. The Kier molecular flexibility index (Phi) is 4.18. The van der Waals surface area contributed by atoms with Crippen molar-refractivity contribution in [1.82, 2.24) is 20.0 Å².